The van der Waals surface area contributed by atoms with E-state index in [0.29, 0.717) is 11.0 Å². The summed E-state index contributed by atoms with van der Waals surface area (Å²) in [6, 6.07) is 1.08. The average molecular weight is 441 g/mol. The number of aromatic nitrogens is 3. The summed E-state index contributed by atoms with van der Waals surface area (Å²) in [5, 5.41) is 3.73. The Balaban J connectivity index is 1.78. The molecule has 6 nitrogen and oxygen atoms in total. The fraction of sp³-hybridized carbons (Fsp3) is 0.333. The minimum atomic E-state index is -5.75. The second-order valence-corrected chi connectivity index (χ2v) is 7.59. The van der Waals surface area contributed by atoms with Crippen molar-refractivity contribution in [1.82, 2.24) is 15.0 Å². The molecule has 1 atom stereocenters. The van der Waals surface area contributed by atoms with Gasteiger partial charge >= 0.3 is 17.3 Å². The highest BCUT2D eigenvalue weighted by Crippen LogP contribution is 2.38. The van der Waals surface area contributed by atoms with Crippen LogP contribution in [0.1, 0.15) is 5.69 Å². The van der Waals surface area contributed by atoms with Crippen LogP contribution in [0.25, 0.3) is 11.0 Å². The van der Waals surface area contributed by atoms with Crippen molar-refractivity contribution in [2.45, 2.75) is 23.0 Å². The van der Waals surface area contributed by atoms with Crippen molar-refractivity contribution in [1.29, 1.82) is 0 Å². The zero-order valence-corrected chi connectivity index (χ0v) is 15.7. The maximum atomic E-state index is 13.1. The van der Waals surface area contributed by atoms with E-state index in [1.165, 1.54) is 18.4 Å². The fourth-order valence-corrected chi connectivity index (χ4v) is 3.89. The Hall–Kier alpha value is -2.12. The number of fused-ring (bicyclic) bond motifs is 1. The number of hydrogen-bond donors (Lipinski definition) is 1. The van der Waals surface area contributed by atoms with E-state index in [-0.39, 0.29) is 28.1 Å². The largest absolute Gasteiger partial charge is 0.609 e. The molecule has 1 unspecified atom stereocenters. The predicted octanol–water partition coefficient (Wildman–Crippen LogP) is 3.91. The normalized spacial score (nSPS) is 13.7. The molecule has 0 aliphatic carbocycles. The van der Waals surface area contributed by atoms with Crippen LogP contribution < -0.4 is 9.47 Å². The van der Waals surface area contributed by atoms with Crippen molar-refractivity contribution in [2.75, 3.05) is 13.7 Å². The van der Waals surface area contributed by atoms with E-state index in [1.807, 2.05) is 0 Å². The van der Waals surface area contributed by atoms with Gasteiger partial charge in [-0.3, -0.25) is 9.97 Å². The lowest BCUT2D eigenvalue weighted by molar-refractivity contribution is -0.290. The zero-order chi connectivity index (χ0) is 20.5. The molecule has 0 amide bonds. The third-order valence-electron chi connectivity index (χ3n) is 3.56. The molecule has 28 heavy (non-hydrogen) atoms. The molecule has 0 aliphatic heterocycles. The van der Waals surface area contributed by atoms with Gasteiger partial charge < -0.3 is 14.0 Å². The van der Waals surface area contributed by atoms with Gasteiger partial charge in [-0.15, -0.1) is 11.3 Å². The van der Waals surface area contributed by atoms with Gasteiger partial charge in [-0.1, -0.05) is 0 Å². The van der Waals surface area contributed by atoms with Crippen molar-refractivity contribution in [3.8, 4) is 11.5 Å². The number of hydrogen-bond acceptors (Lipinski definition) is 6. The molecular formula is C15H12F5N3O3S2. The third-order valence-corrected chi connectivity index (χ3v) is 5.45. The molecule has 3 aromatic heterocycles. The van der Waals surface area contributed by atoms with Crippen molar-refractivity contribution in [3.05, 3.63) is 28.7 Å². The highest BCUT2D eigenvalue weighted by molar-refractivity contribution is 7.90. The summed E-state index contributed by atoms with van der Waals surface area (Å²) in [7, 11) is 1.17. The first-order valence-electron chi connectivity index (χ1n) is 7.52. The number of nitrogens with zero attached hydrogens (tertiary/aromatic N) is 2. The van der Waals surface area contributed by atoms with Crippen molar-refractivity contribution in [3.63, 3.8) is 0 Å². The Labute approximate surface area is 161 Å². The molecule has 1 N–H and O–H groups in total. The Morgan fingerprint density at radius 1 is 1.25 bits per heavy atom. The van der Waals surface area contributed by atoms with Gasteiger partial charge in [-0.2, -0.15) is 26.9 Å². The van der Waals surface area contributed by atoms with Crippen LogP contribution in [0.2, 0.25) is 0 Å². The summed E-state index contributed by atoms with van der Waals surface area (Å²) in [4.78, 5) is 11.0. The zero-order valence-electron chi connectivity index (χ0n) is 14.0. The van der Waals surface area contributed by atoms with Gasteiger partial charge in [0, 0.05) is 34.2 Å². The minimum Gasteiger partial charge on any atom is -0.609 e. The molecule has 3 rings (SSSR count). The van der Waals surface area contributed by atoms with Crippen LogP contribution in [0.15, 0.2) is 28.2 Å². The first kappa shape index (κ1) is 20.6. The summed E-state index contributed by atoms with van der Waals surface area (Å²) in [6.07, 6.45) is -4.61. The van der Waals surface area contributed by atoms with Gasteiger partial charge in [0.25, 0.3) is 0 Å². The molecule has 0 saturated carbocycles. The van der Waals surface area contributed by atoms with Crippen molar-refractivity contribution >= 4 is 33.5 Å². The highest BCUT2D eigenvalue weighted by Gasteiger charge is 2.58. The van der Waals surface area contributed by atoms with Gasteiger partial charge in [-0.25, -0.2) is 0 Å². The monoisotopic (exact) mass is 441 g/mol. The molecule has 0 aliphatic rings. The molecule has 0 fully saturated rings. The van der Waals surface area contributed by atoms with Crippen LogP contribution in [-0.4, -0.2) is 45.3 Å². The summed E-state index contributed by atoms with van der Waals surface area (Å²) in [6.45, 7) is -1.92. The van der Waals surface area contributed by atoms with Crippen LogP contribution in [0.3, 0.4) is 0 Å². The van der Waals surface area contributed by atoms with Crippen LogP contribution in [-0.2, 0) is 16.9 Å². The number of ether oxygens (including phenoxy) is 2. The van der Waals surface area contributed by atoms with E-state index in [9.17, 15) is 26.5 Å². The number of nitrogens with one attached hydrogen (secondary N) is 1. The number of aromatic amines is 1. The van der Waals surface area contributed by atoms with Crippen LogP contribution in [0.5, 0.6) is 11.5 Å². The molecule has 0 bridgehead atoms. The van der Waals surface area contributed by atoms with Gasteiger partial charge in [0.15, 0.2) is 23.9 Å². The van der Waals surface area contributed by atoms with Crippen molar-refractivity contribution in [2.24, 2.45) is 0 Å². The van der Waals surface area contributed by atoms with E-state index < -0.39 is 29.9 Å². The summed E-state index contributed by atoms with van der Waals surface area (Å²) in [5.41, 5.74) is 1.41. The maximum absolute atomic E-state index is 13.1. The minimum absolute atomic E-state index is 0.0625. The Morgan fingerprint density at radius 2 is 2.00 bits per heavy atom. The summed E-state index contributed by atoms with van der Waals surface area (Å²) >= 11 is -0.271. The lowest BCUT2D eigenvalue weighted by atomic mass is 10.3. The van der Waals surface area contributed by atoms with Crippen LogP contribution in [0, 0.1) is 0 Å². The first-order chi connectivity index (χ1) is 13.1. The Morgan fingerprint density at radius 3 is 2.64 bits per heavy atom. The van der Waals surface area contributed by atoms with Gasteiger partial charge in [-0.05, 0) is 0 Å². The van der Waals surface area contributed by atoms with E-state index >= 15 is 0 Å². The smallest absolute Gasteiger partial charge is 0.456 e. The topological polar surface area (TPSA) is 83.1 Å². The SMILES string of the molecule is COc1c(OCC(F)(F)C(F)(F)F)ccnc1C[S+]([O-])c1nc2cscc2[nH]1. The molecule has 3 heterocycles. The fourth-order valence-electron chi connectivity index (χ4n) is 2.18. The van der Waals surface area contributed by atoms with Crippen LogP contribution in [0.4, 0.5) is 22.0 Å². The number of thiophene rings is 1. The van der Waals surface area contributed by atoms with E-state index in [0.717, 1.165) is 12.3 Å². The van der Waals surface area contributed by atoms with E-state index in [1.54, 1.807) is 10.8 Å². The number of rotatable bonds is 7. The number of alkyl halides is 5. The molecule has 13 heteroatoms. The first-order valence-corrected chi connectivity index (χ1v) is 9.78. The lowest BCUT2D eigenvalue weighted by Crippen LogP contribution is -2.41. The predicted molar refractivity (Wildman–Crippen MR) is 91.4 cm³/mol. The third kappa shape index (κ3) is 4.15. The molecule has 0 spiro atoms. The second kappa shape index (κ2) is 7.72. The van der Waals surface area contributed by atoms with E-state index in [4.69, 9.17) is 4.74 Å². The van der Waals surface area contributed by atoms with Gasteiger partial charge in [0.2, 0.25) is 0 Å². The molecule has 152 valence electrons. The summed E-state index contributed by atoms with van der Waals surface area (Å²) in [5.74, 6) is -5.80. The average Bonchev–Trinajstić information content (AvgIpc) is 3.21. The molecule has 3 aromatic rings. The van der Waals surface area contributed by atoms with Crippen LogP contribution >= 0.6 is 11.3 Å². The highest BCUT2D eigenvalue weighted by atomic mass is 32.2. The molecular weight excluding hydrogens is 429 g/mol. The number of pyridine rings is 1. The standard InChI is InChI=1S/C15H12F5N3O3S2/c1-25-12-10(6-28(24)13-22-8-4-27-5-9(8)23-13)21-3-2-11(12)26-7-14(16,17)15(18,19)20/h2-5H,6-7H2,1H3,(H,22,23). The Kier molecular flexibility index (Phi) is 5.68. The quantitative estimate of drug-likeness (QED) is 0.444. The number of methoxy groups -OCH3 is 1. The van der Waals surface area contributed by atoms with Crippen molar-refractivity contribution < 1.29 is 36.0 Å². The number of imidazole rings is 1. The summed E-state index contributed by atoms with van der Waals surface area (Å²) < 4.78 is 85.2. The second-order valence-electron chi connectivity index (χ2n) is 5.48. The Bertz CT molecular complexity index is 931. The molecule has 0 saturated heterocycles. The van der Waals surface area contributed by atoms with Gasteiger partial charge in [0.05, 0.1) is 12.6 Å². The van der Waals surface area contributed by atoms with Gasteiger partial charge in [0.1, 0.15) is 11.2 Å². The molecule has 0 aromatic carbocycles. The maximum Gasteiger partial charge on any atom is 0.456 e. The number of H-pyrrole nitrogens is 1. The lowest BCUT2D eigenvalue weighted by Gasteiger charge is -2.21. The number of halogens is 5. The molecule has 0 radical (unpaired) electrons. The van der Waals surface area contributed by atoms with E-state index in [2.05, 4.69) is 19.7 Å².